The Morgan fingerprint density at radius 3 is 1.34 bits per heavy atom. The summed E-state index contributed by atoms with van der Waals surface area (Å²) in [5, 5.41) is 0.223. The van der Waals surface area contributed by atoms with Crippen molar-refractivity contribution in [1.29, 1.82) is 0 Å². The molecule has 0 heterocycles. The van der Waals surface area contributed by atoms with Crippen molar-refractivity contribution < 1.29 is 37.6 Å². The molecular weight excluding hydrogens is 396 g/mol. The Bertz CT molecular complexity index is 398. The van der Waals surface area contributed by atoms with Gasteiger partial charge in [0.05, 0.1) is 86.2 Å². The quantitative estimate of drug-likeness (QED) is 0.173. The van der Waals surface area contributed by atoms with E-state index in [1.54, 1.807) is 0 Å². The average Bonchev–Trinajstić information content (AvgIpc) is 2.65. The van der Waals surface area contributed by atoms with Crippen LogP contribution in [-0.2, 0) is 37.6 Å². The van der Waals surface area contributed by atoms with Gasteiger partial charge in [0.1, 0.15) is 0 Å². The number of hydrogen-bond acceptors (Lipinski definition) is 8. The number of rotatable bonds is 19. The van der Waals surface area contributed by atoms with E-state index in [4.69, 9.17) is 28.1 Å². The fourth-order valence-corrected chi connectivity index (χ4v) is 2.84. The molecule has 0 radical (unpaired) electrons. The number of hydrogen-bond donors (Lipinski definition) is 0. The van der Waals surface area contributed by atoms with E-state index in [0.29, 0.717) is 72.7 Å². The first-order valence-corrected chi connectivity index (χ1v) is 13.2. The minimum Gasteiger partial charge on any atom is -0.469 e. The number of carbonyl (C=O) groups is 1. The first kappa shape index (κ1) is 28.4. The molecule has 0 saturated carbocycles. The molecule has 0 atom stereocenters. The van der Waals surface area contributed by atoms with Crippen LogP contribution in [0, 0.1) is 0 Å². The molecule has 0 aliphatic rings. The number of methoxy groups -OCH3 is 1. The zero-order chi connectivity index (χ0) is 22.0. The third-order valence-corrected chi connectivity index (χ3v) is 9.20. The van der Waals surface area contributed by atoms with Crippen molar-refractivity contribution in [2.45, 2.75) is 45.3 Å². The van der Waals surface area contributed by atoms with Gasteiger partial charge >= 0.3 is 5.97 Å². The summed E-state index contributed by atoms with van der Waals surface area (Å²) in [7, 11) is -0.323. The minimum atomic E-state index is -1.68. The highest BCUT2D eigenvalue weighted by atomic mass is 28.4. The molecular formula is C20H42O8Si. The molecule has 0 amide bonds. The predicted octanol–water partition coefficient (Wildman–Crippen LogP) is 2.65. The fraction of sp³-hybridized carbons (Fsp3) is 0.950. The molecule has 0 spiro atoms. The van der Waals surface area contributed by atoms with E-state index in [0.717, 1.165) is 0 Å². The predicted molar refractivity (Wildman–Crippen MR) is 114 cm³/mol. The van der Waals surface area contributed by atoms with Crippen molar-refractivity contribution in [1.82, 2.24) is 0 Å². The number of ether oxygens (including phenoxy) is 6. The van der Waals surface area contributed by atoms with Gasteiger partial charge in [-0.2, -0.15) is 0 Å². The van der Waals surface area contributed by atoms with E-state index < -0.39 is 8.32 Å². The molecule has 0 saturated heterocycles. The molecule has 9 heteroatoms. The molecule has 0 aromatic carbocycles. The van der Waals surface area contributed by atoms with E-state index in [9.17, 15) is 4.79 Å². The number of carbonyl (C=O) groups excluding carboxylic acids is 1. The summed E-state index contributed by atoms with van der Waals surface area (Å²) >= 11 is 0. The summed E-state index contributed by atoms with van der Waals surface area (Å²) in [6, 6.07) is 0. The van der Waals surface area contributed by atoms with Crippen LogP contribution in [0.2, 0.25) is 18.1 Å². The summed E-state index contributed by atoms with van der Waals surface area (Å²) < 4.78 is 37.6. The molecule has 0 N–H and O–H groups in total. The van der Waals surface area contributed by atoms with Gasteiger partial charge in [-0.25, -0.2) is 0 Å². The Balaban J connectivity index is 3.22. The zero-order valence-corrected chi connectivity index (χ0v) is 20.3. The van der Waals surface area contributed by atoms with Crippen molar-refractivity contribution in [2.24, 2.45) is 0 Å². The van der Waals surface area contributed by atoms with E-state index >= 15 is 0 Å². The molecule has 8 nitrogen and oxygen atoms in total. The fourth-order valence-electron chi connectivity index (χ4n) is 1.81. The monoisotopic (exact) mass is 438 g/mol. The molecule has 0 rings (SSSR count). The molecule has 0 aliphatic carbocycles. The van der Waals surface area contributed by atoms with Crippen molar-refractivity contribution in [3.63, 3.8) is 0 Å². The lowest BCUT2D eigenvalue weighted by Crippen LogP contribution is -2.41. The van der Waals surface area contributed by atoms with Crippen LogP contribution >= 0.6 is 0 Å². The second-order valence-corrected chi connectivity index (χ2v) is 12.8. The van der Waals surface area contributed by atoms with Gasteiger partial charge < -0.3 is 32.8 Å². The maximum Gasteiger partial charge on any atom is 0.307 e. The van der Waals surface area contributed by atoms with Crippen LogP contribution in [0.4, 0.5) is 0 Å². The van der Waals surface area contributed by atoms with E-state index in [1.807, 2.05) is 0 Å². The summed E-state index contributed by atoms with van der Waals surface area (Å²) in [5.41, 5.74) is 0. The summed E-state index contributed by atoms with van der Waals surface area (Å²) in [6.07, 6.45) is 0.259. The first-order chi connectivity index (χ1) is 13.7. The highest BCUT2D eigenvalue weighted by molar-refractivity contribution is 6.74. The van der Waals surface area contributed by atoms with Gasteiger partial charge in [-0.3, -0.25) is 4.79 Å². The molecule has 0 aromatic heterocycles. The van der Waals surface area contributed by atoms with E-state index in [1.165, 1.54) is 7.11 Å². The van der Waals surface area contributed by atoms with Crippen molar-refractivity contribution in [2.75, 3.05) is 79.8 Å². The van der Waals surface area contributed by atoms with Crippen LogP contribution in [-0.4, -0.2) is 94.1 Å². The van der Waals surface area contributed by atoms with Crippen molar-refractivity contribution >= 4 is 14.3 Å². The lowest BCUT2D eigenvalue weighted by atomic mass is 10.2. The second kappa shape index (κ2) is 17.2. The molecule has 29 heavy (non-hydrogen) atoms. The van der Waals surface area contributed by atoms with Crippen molar-refractivity contribution in [3.8, 4) is 0 Å². The summed E-state index contributed by atoms with van der Waals surface area (Å²) in [4.78, 5) is 10.9. The van der Waals surface area contributed by atoms with E-state index in [-0.39, 0.29) is 17.4 Å². The van der Waals surface area contributed by atoms with Crippen LogP contribution in [0.3, 0.4) is 0 Å². The average molecular weight is 439 g/mol. The Hall–Kier alpha value is -0.553. The molecule has 0 aromatic rings. The highest BCUT2D eigenvalue weighted by Crippen LogP contribution is 2.36. The van der Waals surface area contributed by atoms with Gasteiger partial charge in [-0.15, -0.1) is 0 Å². The Kier molecular flexibility index (Phi) is 16.8. The van der Waals surface area contributed by atoms with Gasteiger partial charge in [0.15, 0.2) is 8.32 Å². The van der Waals surface area contributed by atoms with Gasteiger partial charge in [0.2, 0.25) is 0 Å². The highest BCUT2D eigenvalue weighted by Gasteiger charge is 2.36. The Morgan fingerprint density at radius 1 is 0.655 bits per heavy atom. The SMILES string of the molecule is COC(=O)CCOCCOCCOCCOCCOCCO[Si](C)(C)C(C)(C)C. The smallest absolute Gasteiger partial charge is 0.307 e. The molecule has 0 aliphatic heterocycles. The lowest BCUT2D eigenvalue weighted by Gasteiger charge is -2.36. The normalized spacial score (nSPS) is 12.3. The third-order valence-electron chi connectivity index (χ3n) is 4.66. The third kappa shape index (κ3) is 16.9. The van der Waals surface area contributed by atoms with Crippen LogP contribution in [0.5, 0.6) is 0 Å². The standard InChI is InChI=1S/C20H42O8Si/c1-20(2,3)29(5,6)28-18-17-27-16-15-26-14-13-25-12-11-24-10-9-23-8-7-19(21)22-4/h7-18H2,1-6H3. The van der Waals surface area contributed by atoms with Crippen LogP contribution < -0.4 is 0 Å². The number of esters is 1. The lowest BCUT2D eigenvalue weighted by molar-refractivity contribution is -0.141. The van der Waals surface area contributed by atoms with Crippen LogP contribution in [0.1, 0.15) is 27.2 Å². The van der Waals surface area contributed by atoms with Crippen LogP contribution in [0.25, 0.3) is 0 Å². The van der Waals surface area contributed by atoms with Gasteiger partial charge in [0.25, 0.3) is 0 Å². The molecule has 174 valence electrons. The Labute approximate surface area is 177 Å². The van der Waals surface area contributed by atoms with Gasteiger partial charge in [-0.1, -0.05) is 20.8 Å². The Morgan fingerprint density at radius 2 is 1.00 bits per heavy atom. The van der Waals surface area contributed by atoms with Gasteiger partial charge in [-0.05, 0) is 18.1 Å². The summed E-state index contributed by atoms with van der Waals surface area (Å²) in [6.45, 7) is 16.8. The van der Waals surface area contributed by atoms with E-state index in [2.05, 4.69) is 38.6 Å². The largest absolute Gasteiger partial charge is 0.469 e. The van der Waals surface area contributed by atoms with Gasteiger partial charge in [0, 0.05) is 0 Å². The first-order valence-electron chi connectivity index (χ1n) is 10.3. The molecule has 0 fully saturated rings. The van der Waals surface area contributed by atoms with Crippen LogP contribution in [0.15, 0.2) is 0 Å². The summed E-state index contributed by atoms with van der Waals surface area (Å²) in [5.74, 6) is -0.274. The van der Waals surface area contributed by atoms with Crippen molar-refractivity contribution in [3.05, 3.63) is 0 Å². The second-order valence-electron chi connectivity index (χ2n) is 8.00. The molecule has 0 unspecified atom stereocenters. The minimum absolute atomic E-state index is 0.223. The zero-order valence-electron chi connectivity index (χ0n) is 19.3. The maximum absolute atomic E-state index is 10.9. The topological polar surface area (TPSA) is 81.7 Å². The molecule has 0 bridgehead atoms. The maximum atomic E-state index is 10.9.